The van der Waals surface area contributed by atoms with Gasteiger partial charge in [-0.1, -0.05) is 95.8 Å². The lowest BCUT2D eigenvalue weighted by molar-refractivity contribution is 0.405. The molecule has 0 fully saturated rings. The summed E-state index contributed by atoms with van der Waals surface area (Å²) in [5.41, 5.74) is 0.820. The summed E-state index contributed by atoms with van der Waals surface area (Å²) in [6.45, 7) is 2.25. The summed E-state index contributed by atoms with van der Waals surface area (Å²) in [5.74, 6) is 0.583. The number of benzene rings is 2. The van der Waals surface area contributed by atoms with Crippen LogP contribution >= 0.6 is 0 Å². The number of para-hydroxylation sites is 1. The molecule has 0 saturated heterocycles. The van der Waals surface area contributed by atoms with Gasteiger partial charge in [-0.25, -0.2) is 0 Å². The molecule has 0 radical (unpaired) electrons. The molecule has 6 heteroatoms. The van der Waals surface area contributed by atoms with Crippen molar-refractivity contribution in [2.24, 2.45) is 0 Å². The molecule has 0 aliphatic carbocycles. The fourth-order valence-corrected chi connectivity index (χ4v) is 4.35. The Morgan fingerprint density at radius 1 is 0.781 bits per heavy atom. The first kappa shape index (κ1) is 26.2. The predicted octanol–water partition coefficient (Wildman–Crippen LogP) is 7.67. The van der Waals surface area contributed by atoms with Crippen LogP contribution < -0.4 is 4.74 Å². The van der Waals surface area contributed by atoms with E-state index >= 15 is 0 Å². The highest BCUT2D eigenvalue weighted by Gasteiger charge is 2.13. The summed E-state index contributed by atoms with van der Waals surface area (Å²) >= 11 is 0. The van der Waals surface area contributed by atoms with E-state index in [1.54, 1.807) is 12.1 Å². The number of phenolic OH excluding ortho intramolecular Hbond substituents is 1. The number of phenols is 1. The van der Waals surface area contributed by atoms with Crippen LogP contribution in [-0.2, 0) is 16.5 Å². The Labute approximate surface area is 193 Å². The van der Waals surface area contributed by atoms with Crippen LogP contribution in [0.4, 0.5) is 0 Å². The van der Waals surface area contributed by atoms with Gasteiger partial charge in [-0.2, -0.15) is 8.42 Å². The van der Waals surface area contributed by atoms with Crippen LogP contribution in [0.5, 0.6) is 17.2 Å². The van der Waals surface area contributed by atoms with Crippen LogP contribution in [0.1, 0.15) is 89.5 Å². The molecule has 0 spiro atoms. The Morgan fingerprint density at radius 3 is 1.94 bits per heavy atom. The van der Waals surface area contributed by atoms with Gasteiger partial charge in [0.1, 0.15) is 5.75 Å². The van der Waals surface area contributed by atoms with Gasteiger partial charge < -0.3 is 9.84 Å². The molecule has 0 heterocycles. The van der Waals surface area contributed by atoms with Gasteiger partial charge in [0.25, 0.3) is 10.1 Å². The van der Waals surface area contributed by atoms with E-state index < -0.39 is 10.1 Å². The smallest absolute Gasteiger partial charge is 0.294 e. The summed E-state index contributed by atoms with van der Waals surface area (Å²) < 4.78 is 37.5. The molecule has 5 nitrogen and oxygen atoms in total. The van der Waals surface area contributed by atoms with E-state index in [0.29, 0.717) is 0 Å². The van der Waals surface area contributed by atoms with Crippen molar-refractivity contribution < 1.29 is 22.8 Å². The van der Waals surface area contributed by atoms with E-state index in [1.165, 1.54) is 82.4 Å². The van der Waals surface area contributed by atoms with Crippen molar-refractivity contribution in [3.8, 4) is 17.2 Å². The van der Waals surface area contributed by atoms with Gasteiger partial charge in [0.2, 0.25) is 0 Å². The maximum absolute atomic E-state index is 11.3. The van der Waals surface area contributed by atoms with E-state index in [2.05, 4.69) is 6.92 Å². The number of ether oxygens (including phenoxy) is 1. The third-order valence-corrected chi connectivity index (χ3v) is 6.56. The molecule has 0 atom stereocenters. The van der Waals surface area contributed by atoms with Crippen molar-refractivity contribution >= 4 is 10.1 Å². The Kier molecular flexibility index (Phi) is 11.6. The highest BCUT2D eigenvalue weighted by Crippen LogP contribution is 2.35. The fourth-order valence-electron chi connectivity index (χ4n) is 3.83. The summed E-state index contributed by atoms with van der Waals surface area (Å²) in [5, 5.41) is 10.6. The standard InChI is InChI=1S/C26H38O5S/c1-2-3-4-5-6-7-8-9-10-11-12-13-16-22-17-14-20-25(26(22)27)31-23-18-15-19-24(21-23)32(28,29)30/h14-15,17-21,27H,2-13,16H2,1H3,(H,28,29,30). The topological polar surface area (TPSA) is 83.8 Å². The third kappa shape index (κ3) is 9.61. The first-order valence-corrected chi connectivity index (χ1v) is 13.4. The van der Waals surface area contributed by atoms with Crippen LogP contribution in [0, 0.1) is 0 Å². The van der Waals surface area contributed by atoms with Crippen molar-refractivity contribution in [3.63, 3.8) is 0 Å². The maximum Gasteiger partial charge on any atom is 0.294 e. The van der Waals surface area contributed by atoms with E-state index in [0.717, 1.165) is 24.8 Å². The highest BCUT2D eigenvalue weighted by atomic mass is 32.2. The minimum absolute atomic E-state index is 0.0767. The van der Waals surface area contributed by atoms with Gasteiger partial charge in [0.05, 0.1) is 4.90 Å². The molecule has 0 aromatic heterocycles. The lowest BCUT2D eigenvalue weighted by Crippen LogP contribution is -1.98. The Bertz CT molecular complexity index is 908. The first-order valence-electron chi connectivity index (χ1n) is 12.0. The summed E-state index contributed by atoms with van der Waals surface area (Å²) in [4.78, 5) is -0.248. The monoisotopic (exact) mass is 462 g/mol. The number of aromatic hydroxyl groups is 1. The molecule has 0 saturated carbocycles. The zero-order valence-corrected chi connectivity index (χ0v) is 20.1. The minimum atomic E-state index is -4.31. The molecule has 0 aliphatic heterocycles. The molecule has 178 valence electrons. The summed E-state index contributed by atoms with van der Waals surface area (Å²) in [6, 6.07) is 10.9. The van der Waals surface area contributed by atoms with Gasteiger partial charge in [0, 0.05) is 6.07 Å². The molecule has 0 amide bonds. The van der Waals surface area contributed by atoms with Gasteiger partial charge >= 0.3 is 0 Å². The predicted molar refractivity (Wildman–Crippen MR) is 129 cm³/mol. The molecule has 2 rings (SSSR count). The number of aryl methyl sites for hydroxylation is 1. The lowest BCUT2D eigenvalue weighted by atomic mass is 10.0. The second kappa shape index (κ2) is 14.2. The quantitative estimate of drug-likeness (QED) is 0.197. The normalized spacial score (nSPS) is 11.6. The van der Waals surface area contributed by atoms with Crippen LogP contribution in [0.15, 0.2) is 47.4 Å². The molecule has 0 aliphatic rings. The van der Waals surface area contributed by atoms with Crippen LogP contribution in [0.3, 0.4) is 0 Å². The number of hydrogen-bond acceptors (Lipinski definition) is 4. The summed E-state index contributed by atoms with van der Waals surface area (Å²) in [7, 11) is -4.31. The molecular formula is C26H38O5S. The summed E-state index contributed by atoms with van der Waals surface area (Å²) in [6.07, 6.45) is 16.2. The Balaban J connectivity index is 1.71. The number of unbranched alkanes of at least 4 members (excludes halogenated alkanes) is 11. The molecule has 2 aromatic carbocycles. The van der Waals surface area contributed by atoms with Gasteiger partial charge in [0.15, 0.2) is 11.5 Å². The van der Waals surface area contributed by atoms with Crippen molar-refractivity contribution in [1.29, 1.82) is 0 Å². The minimum Gasteiger partial charge on any atom is -0.504 e. The van der Waals surface area contributed by atoms with Gasteiger partial charge in [-0.3, -0.25) is 4.55 Å². The number of hydrogen-bond donors (Lipinski definition) is 2. The largest absolute Gasteiger partial charge is 0.504 e. The molecule has 2 N–H and O–H groups in total. The molecule has 2 aromatic rings. The van der Waals surface area contributed by atoms with Crippen molar-refractivity contribution in [2.45, 2.75) is 95.3 Å². The highest BCUT2D eigenvalue weighted by molar-refractivity contribution is 7.85. The van der Waals surface area contributed by atoms with Crippen molar-refractivity contribution in [1.82, 2.24) is 0 Å². The SMILES string of the molecule is CCCCCCCCCCCCCCc1cccc(Oc2cccc(S(=O)(=O)O)c2)c1O. The second-order valence-electron chi connectivity index (χ2n) is 8.45. The van der Waals surface area contributed by atoms with E-state index in [-0.39, 0.29) is 22.1 Å². The fraction of sp³-hybridized carbons (Fsp3) is 0.538. The Hall–Kier alpha value is -2.05. The second-order valence-corrected chi connectivity index (χ2v) is 9.88. The molecule has 0 unspecified atom stereocenters. The average Bonchev–Trinajstić information content (AvgIpc) is 2.76. The third-order valence-electron chi connectivity index (χ3n) is 5.71. The lowest BCUT2D eigenvalue weighted by Gasteiger charge is -2.11. The molecule has 0 bridgehead atoms. The van der Waals surface area contributed by atoms with Gasteiger partial charge in [-0.05, 0) is 36.6 Å². The van der Waals surface area contributed by atoms with Crippen LogP contribution in [0.2, 0.25) is 0 Å². The van der Waals surface area contributed by atoms with Crippen molar-refractivity contribution in [2.75, 3.05) is 0 Å². The van der Waals surface area contributed by atoms with Crippen LogP contribution in [0.25, 0.3) is 0 Å². The first-order chi connectivity index (χ1) is 15.4. The zero-order valence-electron chi connectivity index (χ0n) is 19.3. The van der Waals surface area contributed by atoms with Crippen LogP contribution in [-0.4, -0.2) is 18.1 Å². The van der Waals surface area contributed by atoms with Gasteiger partial charge in [-0.15, -0.1) is 0 Å². The van der Waals surface area contributed by atoms with E-state index in [9.17, 15) is 18.1 Å². The Morgan fingerprint density at radius 2 is 1.34 bits per heavy atom. The zero-order chi connectivity index (χ0) is 23.2. The van der Waals surface area contributed by atoms with E-state index in [1.807, 2.05) is 12.1 Å². The molecule has 32 heavy (non-hydrogen) atoms. The number of rotatable bonds is 16. The van der Waals surface area contributed by atoms with E-state index in [4.69, 9.17) is 4.74 Å². The molecular weight excluding hydrogens is 424 g/mol. The average molecular weight is 463 g/mol. The van der Waals surface area contributed by atoms with Crippen molar-refractivity contribution in [3.05, 3.63) is 48.0 Å². The maximum atomic E-state index is 11.3.